The fraction of sp³-hybridized carbons (Fsp3) is 0.167. The summed E-state index contributed by atoms with van der Waals surface area (Å²) in [4.78, 5) is 21.9. The number of carbonyl (C=O) groups excluding carboxylic acids is 1. The molecule has 0 atom stereocenters. The molecule has 0 bridgehead atoms. The fourth-order valence-corrected chi connectivity index (χ4v) is 1.87. The van der Waals surface area contributed by atoms with Crippen molar-refractivity contribution in [1.82, 2.24) is 15.0 Å². The predicted molar refractivity (Wildman–Crippen MR) is 75.0 cm³/mol. The number of anilines is 1. The topological polar surface area (TPSA) is 123 Å². The lowest BCUT2D eigenvalue weighted by atomic mass is 10.1. The van der Waals surface area contributed by atoms with Crippen LogP contribution in [0.15, 0.2) is 24.4 Å². The van der Waals surface area contributed by atoms with Gasteiger partial charge in [0.1, 0.15) is 12.2 Å². The third-order valence-corrected chi connectivity index (χ3v) is 2.83. The second-order valence-corrected chi connectivity index (χ2v) is 4.65. The van der Waals surface area contributed by atoms with E-state index in [9.17, 15) is 9.59 Å². The molecule has 0 saturated carbocycles. The number of carbonyl (C=O) groups is 2. The smallest absolute Gasteiger partial charge is 0.325 e. The second-order valence-electron chi connectivity index (χ2n) is 4.21. The van der Waals surface area contributed by atoms with Crippen molar-refractivity contribution in [3.8, 4) is 0 Å². The highest BCUT2D eigenvalue weighted by Gasteiger charge is 2.10. The van der Waals surface area contributed by atoms with Gasteiger partial charge in [0.2, 0.25) is 0 Å². The number of amides is 1. The van der Waals surface area contributed by atoms with Crippen LogP contribution in [-0.2, 0) is 17.9 Å². The molecule has 0 unspecified atom stereocenters. The SMILES string of the molecule is NC(=O)c1ccc(Cl)cc1NCc1cn(CC(=O)O)nn1. The number of primary amides is 1. The van der Waals surface area contributed by atoms with E-state index in [-0.39, 0.29) is 13.1 Å². The zero-order chi connectivity index (χ0) is 15.4. The van der Waals surface area contributed by atoms with Crippen molar-refractivity contribution in [2.75, 3.05) is 5.32 Å². The monoisotopic (exact) mass is 309 g/mol. The minimum atomic E-state index is -1.01. The van der Waals surface area contributed by atoms with Crippen molar-refractivity contribution < 1.29 is 14.7 Å². The first-order chi connectivity index (χ1) is 9.95. The number of carboxylic acids is 1. The van der Waals surface area contributed by atoms with Crippen LogP contribution in [0.25, 0.3) is 0 Å². The number of aliphatic carboxylic acids is 1. The van der Waals surface area contributed by atoms with Crippen LogP contribution >= 0.6 is 11.6 Å². The Hall–Kier alpha value is -2.61. The average Bonchev–Trinajstić information content (AvgIpc) is 2.82. The van der Waals surface area contributed by atoms with Crippen molar-refractivity contribution >= 4 is 29.2 Å². The molecule has 0 saturated heterocycles. The first-order valence-electron chi connectivity index (χ1n) is 5.89. The van der Waals surface area contributed by atoms with Crippen LogP contribution in [0.1, 0.15) is 16.1 Å². The van der Waals surface area contributed by atoms with Gasteiger partial charge in [0, 0.05) is 10.7 Å². The minimum Gasteiger partial charge on any atom is -0.480 e. The highest BCUT2D eigenvalue weighted by atomic mass is 35.5. The molecule has 4 N–H and O–H groups in total. The maximum absolute atomic E-state index is 11.3. The Bertz CT molecular complexity index is 685. The normalized spacial score (nSPS) is 10.3. The van der Waals surface area contributed by atoms with E-state index >= 15 is 0 Å². The largest absolute Gasteiger partial charge is 0.480 e. The van der Waals surface area contributed by atoms with Gasteiger partial charge in [-0.05, 0) is 18.2 Å². The predicted octanol–water partition coefficient (Wildman–Crippen LogP) is 0.727. The second kappa shape index (κ2) is 6.23. The van der Waals surface area contributed by atoms with E-state index in [0.717, 1.165) is 0 Å². The average molecular weight is 310 g/mol. The molecule has 1 aromatic heterocycles. The molecule has 0 aliphatic rings. The summed E-state index contributed by atoms with van der Waals surface area (Å²) < 4.78 is 1.20. The highest BCUT2D eigenvalue weighted by molar-refractivity contribution is 6.31. The Labute approximate surface area is 124 Å². The van der Waals surface area contributed by atoms with Crippen LogP contribution in [0.5, 0.6) is 0 Å². The first-order valence-corrected chi connectivity index (χ1v) is 6.27. The standard InChI is InChI=1S/C12H12ClN5O3/c13-7-1-2-9(12(14)21)10(3-7)15-4-8-5-18(17-16-8)6-11(19)20/h1-3,5,15H,4,6H2,(H2,14,21)(H,19,20). The number of nitrogens with one attached hydrogen (secondary N) is 1. The van der Waals surface area contributed by atoms with E-state index in [2.05, 4.69) is 15.6 Å². The van der Waals surface area contributed by atoms with Gasteiger partial charge in [-0.2, -0.15) is 0 Å². The fourth-order valence-electron chi connectivity index (χ4n) is 1.70. The molecule has 2 rings (SSSR count). The van der Waals surface area contributed by atoms with E-state index in [1.54, 1.807) is 12.1 Å². The molecule has 9 heteroatoms. The van der Waals surface area contributed by atoms with Gasteiger partial charge >= 0.3 is 5.97 Å². The summed E-state index contributed by atoms with van der Waals surface area (Å²) in [5.41, 5.74) is 6.57. The molecule has 8 nitrogen and oxygen atoms in total. The zero-order valence-corrected chi connectivity index (χ0v) is 11.5. The van der Waals surface area contributed by atoms with E-state index < -0.39 is 11.9 Å². The van der Waals surface area contributed by atoms with Gasteiger partial charge < -0.3 is 16.2 Å². The minimum absolute atomic E-state index is 0.250. The van der Waals surface area contributed by atoms with E-state index in [1.165, 1.54) is 16.9 Å². The summed E-state index contributed by atoms with van der Waals surface area (Å²) in [6.45, 7) is -0.0169. The summed E-state index contributed by atoms with van der Waals surface area (Å²) in [6.07, 6.45) is 1.50. The van der Waals surface area contributed by atoms with E-state index in [0.29, 0.717) is 22.0 Å². The summed E-state index contributed by atoms with van der Waals surface area (Å²) in [5, 5.41) is 19.6. The number of halogens is 1. The number of aromatic nitrogens is 3. The van der Waals surface area contributed by atoms with Crippen molar-refractivity contribution in [3.05, 3.63) is 40.7 Å². The lowest BCUT2D eigenvalue weighted by Crippen LogP contribution is -2.14. The van der Waals surface area contributed by atoms with Gasteiger partial charge in [0.15, 0.2) is 0 Å². The zero-order valence-electron chi connectivity index (χ0n) is 10.8. The van der Waals surface area contributed by atoms with Crippen LogP contribution in [0, 0.1) is 0 Å². The molecular formula is C12H12ClN5O3. The van der Waals surface area contributed by atoms with E-state index in [1.807, 2.05) is 0 Å². The molecule has 0 aliphatic carbocycles. The molecule has 0 spiro atoms. The molecule has 2 aromatic rings. The molecule has 1 amide bonds. The van der Waals surface area contributed by atoms with Gasteiger partial charge in [-0.15, -0.1) is 5.10 Å². The lowest BCUT2D eigenvalue weighted by molar-refractivity contribution is -0.137. The summed E-state index contributed by atoms with van der Waals surface area (Å²) in [6, 6.07) is 4.66. The summed E-state index contributed by atoms with van der Waals surface area (Å²) >= 11 is 5.88. The molecule has 21 heavy (non-hydrogen) atoms. The lowest BCUT2D eigenvalue weighted by Gasteiger charge is -2.09. The number of hydrogen-bond donors (Lipinski definition) is 3. The summed E-state index contributed by atoms with van der Waals surface area (Å²) in [7, 11) is 0. The number of nitrogens with two attached hydrogens (primary N) is 1. The van der Waals surface area contributed by atoms with Crippen molar-refractivity contribution in [2.45, 2.75) is 13.1 Å². The Morgan fingerprint density at radius 3 is 2.86 bits per heavy atom. The molecule has 110 valence electrons. The number of carboxylic acid groups (broad SMARTS) is 1. The van der Waals surface area contributed by atoms with Crippen molar-refractivity contribution in [1.29, 1.82) is 0 Å². The van der Waals surface area contributed by atoms with Gasteiger partial charge in [0.05, 0.1) is 18.3 Å². The van der Waals surface area contributed by atoms with Gasteiger partial charge in [-0.25, -0.2) is 4.68 Å². The molecular weight excluding hydrogens is 298 g/mol. The highest BCUT2D eigenvalue weighted by Crippen LogP contribution is 2.21. The summed E-state index contributed by atoms with van der Waals surface area (Å²) in [5.74, 6) is -1.59. The maximum atomic E-state index is 11.3. The molecule has 0 aliphatic heterocycles. The van der Waals surface area contributed by atoms with Crippen LogP contribution in [0.4, 0.5) is 5.69 Å². The maximum Gasteiger partial charge on any atom is 0.325 e. The third-order valence-electron chi connectivity index (χ3n) is 2.59. The Morgan fingerprint density at radius 2 is 2.19 bits per heavy atom. The molecule has 1 aromatic carbocycles. The quantitative estimate of drug-likeness (QED) is 0.722. The van der Waals surface area contributed by atoms with Gasteiger partial charge in [0.25, 0.3) is 5.91 Å². The van der Waals surface area contributed by atoms with Gasteiger partial charge in [-0.3, -0.25) is 9.59 Å². The molecule has 0 fully saturated rings. The Kier molecular flexibility index (Phi) is 4.39. The van der Waals surface area contributed by atoms with Crippen molar-refractivity contribution in [2.24, 2.45) is 5.73 Å². The molecule has 0 radical (unpaired) electrons. The van der Waals surface area contributed by atoms with Crippen molar-refractivity contribution in [3.63, 3.8) is 0 Å². The first kappa shape index (κ1) is 14.8. The Balaban J connectivity index is 2.09. The third kappa shape index (κ3) is 3.93. The Morgan fingerprint density at radius 1 is 1.43 bits per heavy atom. The van der Waals surface area contributed by atoms with Crippen LogP contribution < -0.4 is 11.1 Å². The molecule has 1 heterocycles. The van der Waals surface area contributed by atoms with Gasteiger partial charge in [-0.1, -0.05) is 16.8 Å². The van der Waals surface area contributed by atoms with E-state index in [4.69, 9.17) is 22.4 Å². The number of nitrogens with zero attached hydrogens (tertiary/aromatic N) is 3. The number of hydrogen-bond acceptors (Lipinski definition) is 5. The van der Waals surface area contributed by atoms with Crippen LogP contribution in [0.2, 0.25) is 5.02 Å². The number of benzene rings is 1. The number of rotatable bonds is 6. The van der Waals surface area contributed by atoms with Crippen LogP contribution in [-0.4, -0.2) is 32.0 Å². The van der Waals surface area contributed by atoms with Crippen LogP contribution in [0.3, 0.4) is 0 Å².